The Balaban J connectivity index is 0. The summed E-state index contributed by atoms with van der Waals surface area (Å²) in [7, 11) is 37.7. The van der Waals surface area contributed by atoms with E-state index in [1.54, 1.807) is 0 Å². The normalized spacial score (nSPS) is 8.69. The molecule has 0 amide bonds. The van der Waals surface area contributed by atoms with Gasteiger partial charge >= 0.3 is 29.6 Å². The van der Waals surface area contributed by atoms with Crippen molar-refractivity contribution in [2.24, 2.45) is 0 Å². The van der Waals surface area contributed by atoms with Gasteiger partial charge in [0.05, 0.1) is 0 Å². The second-order valence-electron chi connectivity index (χ2n) is 2.65. The van der Waals surface area contributed by atoms with Gasteiger partial charge in [0, 0.05) is 0 Å². The molecule has 14 radical (unpaired) electrons. The van der Waals surface area contributed by atoms with Gasteiger partial charge in [-0.05, 0) is 60.5 Å². The van der Waals surface area contributed by atoms with Gasteiger partial charge in [-0.25, -0.2) is 0 Å². The molecule has 0 saturated carbocycles. The van der Waals surface area contributed by atoms with E-state index >= 15 is 0 Å². The zero-order valence-electron chi connectivity index (χ0n) is 7.85. The summed E-state index contributed by atoms with van der Waals surface area (Å²) in [6.07, 6.45) is -0.760. The first kappa shape index (κ1) is 17.1. The topological polar surface area (TPSA) is 0 Å². The molecular weight excluding hydrogens is 154 g/mol. The molecule has 0 atom stereocenters. The van der Waals surface area contributed by atoms with Crippen molar-refractivity contribution in [3.8, 4) is 0 Å². The smallest absolute Gasteiger partial charge is 0.421 e. The van der Waals surface area contributed by atoms with E-state index in [2.05, 4.69) is 0 Å². The summed E-state index contributed by atoms with van der Waals surface area (Å²) in [6.45, 7) is -2.27. The van der Waals surface area contributed by atoms with Crippen molar-refractivity contribution in [3.05, 3.63) is 5.62 Å². The Morgan fingerprint density at radius 2 is 1.00 bits per heavy atom. The van der Waals surface area contributed by atoms with Gasteiger partial charge in [-0.15, -0.1) is 19.5 Å². The minimum absolute atomic E-state index is 0. The first-order chi connectivity index (χ1) is 5.37. The Morgan fingerprint density at radius 1 is 0.692 bits per heavy atom. The predicted molar refractivity (Wildman–Crippen MR) is 66.5 cm³/mol. The SMILES string of the molecule is [B]B([B])B([B])[C-](B([B])[B])B([B])[B].[Na+]. The Hall–Kier alpha value is 1.71. The van der Waals surface area contributed by atoms with Crippen molar-refractivity contribution in [1.29, 1.82) is 0 Å². The molecule has 0 heterocycles. The van der Waals surface area contributed by atoms with Crippen LogP contribution >= 0.6 is 0 Å². The summed E-state index contributed by atoms with van der Waals surface area (Å²) in [4.78, 5) is 0. The van der Waals surface area contributed by atoms with Gasteiger partial charge in [-0.1, -0.05) is 0 Å². The van der Waals surface area contributed by atoms with E-state index in [0.29, 0.717) is 5.62 Å². The molecule has 0 aliphatic carbocycles. The Morgan fingerprint density at radius 3 is 1.08 bits per heavy atom. The van der Waals surface area contributed by atoms with Crippen LogP contribution in [0.4, 0.5) is 0 Å². The van der Waals surface area contributed by atoms with E-state index in [9.17, 15) is 0 Å². The first-order valence-corrected chi connectivity index (χ1v) is 3.53. The average molecular weight is 154 g/mol. The number of hydrogen-bond donors (Lipinski definition) is 0. The fraction of sp³-hybridized carbons (Fsp3) is 0. The maximum Gasteiger partial charge on any atom is 1.00 e. The maximum atomic E-state index is 5.56. The van der Waals surface area contributed by atoms with Crippen LogP contribution in [0.25, 0.3) is 0 Å². The molecule has 0 aliphatic rings. The van der Waals surface area contributed by atoms with Crippen LogP contribution in [0, 0.1) is 5.62 Å². The molecule has 0 bridgehead atoms. The summed E-state index contributed by atoms with van der Waals surface area (Å²) in [5, 5.41) is 0. The van der Waals surface area contributed by atoms with Crippen LogP contribution in [-0.4, -0.2) is 80.0 Å². The fourth-order valence-corrected chi connectivity index (χ4v) is 0.889. The van der Waals surface area contributed by atoms with Gasteiger partial charge in [0.1, 0.15) is 0 Å². The number of rotatable bonds is 4. The largest absolute Gasteiger partial charge is 1.00 e. The minimum atomic E-state index is -0.797. The van der Waals surface area contributed by atoms with Crippen LogP contribution in [0.1, 0.15) is 0 Å². The maximum absolute atomic E-state index is 5.56. The van der Waals surface area contributed by atoms with Crippen molar-refractivity contribution < 1.29 is 29.6 Å². The van der Waals surface area contributed by atoms with E-state index in [0.717, 1.165) is 0 Å². The van der Waals surface area contributed by atoms with Crippen LogP contribution in [-0.2, 0) is 0 Å². The molecule has 0 rings (SSSR count). The average Bonchev–Trinajstić information content (AvgIpc) is 1.85. The molecule has 12 heteroatoms. The zero-order valence-corrected chi connectivity index (χ0v) is 9.85. The van der Waals surface area contributed by atoms with Crippen LogP contribution in [0.3, 0.4) is 0 Å². The van der Waals surface area contributed by atoms with Crippen LogP contribution in [0.2, 0.25) is 0 Å². The molecule has 0 aromatic carbocycles. The first-order valence-electron chi connectivity index (χ1n) is 3.53. The second kappa shape index (κ2) is 7.94. The van der Waals surface area contributed by atoms with Gasteiger partial charge in [-0.3, -0.25) is 0 Å². The van der Waals surface area contributed by atoms with Gasteiger partial charge < -0.3 is 5.62 Å². The molecule has 0 aromatic heterocycles. The predicted octanol–water partition coefficient (Wildman–Crippen LogP) is -7.10. The van der Waals surface area contributed by atoms with E-state index in [1.807, 2.05) is 0 Å². The molecule has 0 aliphatic heterocycles. The molecule has 0 fully saturated rings. The standard InChI is InChI=1S/CB11.Na/c2-9(3)1(10(4)5)11(6)12(7)8;/q-1;+1. The molecule has 0 spiro atoms. The summed E-state index contributed by atoms with van der Waals surface area (Å²) >= 11 is 0. The Labute approximate surface area is 114 Å². The third-order valence-electron chi connectivity index (χ3n) is 1.57. The number of hydrogen-bond acceptors (Lipinski definition) is 0. The molecule has 0 saturated heterocycles. The van der Waals surface area contributed by atoms with E-state index in [1.165, 1.54) is 0 Å². The van der Waals surface area contributed by atoms with Crippen LogP contribution in [0.15, 0.2) is 0 Å². The summed E-state index contributed by atoms with van der Waals surface area (Å²) in [6, 6.07) is 0. The molecular formula is CB11Na. The summed E-state index contributed by atoms with van der Waals surface area (Å²) < 4.78 is 0. The molecule has 13 heavy (non-hydrogen) atoms. The minimum Gasteiger partial charge on any atom is -0.421 e. The second-order valence-corrected chi connectivity index (χ2v) is 2.65. The van der Waals surface area contributed by atoms with Gasteiger partial charge in [-0.2, -0.15) is 0 Å². The molecule has 0 nitrogen and oxygen atoms in total. The van der Waals surface area contributed by atoms with Gasteiger partial charge in [0.25, 0.3) is 0 Å². The monoisotopic (exact) mass is 156 g/mol. The van der Waals surface area contributed by atoms with E-state index in [4.69, 9.17) is 54.2 Å². The van der Waals surface area contributed by atoms with Crippen molar-refractivity contribution in [3.63, 3.8) is 0 Å². The molecule has 38 valence electrons. The van der Waals surface area contributed by atoms with Crippen LogP contribution in [0.5, 0.6) is 0 Å². The van der Waals surface area contributed by atoms with Gasteiger partial charge in [0.15, 0.2) is 0 Å². The van der Waals surface area contributed by atoms with Crippen molar-refractivity contribution in [1.82, 2.24) is 0 Å². The quantitative estimate of drug-likeness (QED) is 0.279. The Bertz CT molecular complexity index is 113. The van der Waals surface area contributed by atoms with E-state index in [-0.39, 0.29) is 29.6 Å². The van der Waals surface area contributed by atoms with Crippen molar-refractivity contribution in [2.75, 3.05) is 0 Å². The zero-order chi connectivity index (χ0) is 9.89. The fourth-order valence-electron chi connectivity index (χ4n) is 0.889. The van der Waals surface area contributed by atoms with Crippen molar-refractivity contribution >= 4 is 80.0 Å². The van der Waals surface area contributed by atoms with Crippen molar-refractivity contribution in [2.45, 2.75) is 0 Å². The third-order valence-corrected chi connectivity index (χ3v) is 1.57. The summed E-state index contributed by atoms with van der Waals surface area (Å²) in [5.74, 6) is 0. The third kappa shape index (κ3) is 6.00. The molecule has 0 N–H and O–H groups in total. The van der Waals surface area contributed by atoms with E-state index < -0.39 is 25.9 Å². The summed E-state index contributed by atoms with van der Waals surface area (Å²) in [5.41, 5.74) is 0.366. The van der Waals surface area contributed by atoms with Crippen LogP contribution < -0.4 is 29.6 Å². The molecule has 0 aromatic rings. The van der Waals surface area contributed by atoms with Gasteiger partial charge in [0.2, 0.25) is 0 Å². The Kier molecular flexibility index (Phi) is 10.5. The molecule has 0 unspecified atom stereocenters.